The van der Waals surface area contributed by atoms with E-state index >= 15 is 0 Å². The highest BCUT2D eigenvalue weighted by atomic mass is 16.8. The lowest BCUT2D eigenvalue weighted by Crippen LogP contribution is -2.66. The molecule has 19 heteroatoms. The van der Waals surface area contributed by atoms with Crippen molar-refractivity contribution >= 4 is 5.91 Å². The Labute approximate surface area is 466 Å². The van der Waals surface area contributed by atoms with E-state index in [1.165, 1.54) is 122 Å². The quantitative estimate of drug-likeness (QED) is 0.0271. The van der Waals surface area contributed by atoms with Gasteiger partial charge in [-0.3, -0.25) is 4.79 Å². The molecule has 0 bridgehead atoms. The van der Waals surface area contributed by atoms with Gasteiger partial charge in [0, 0.05) is 6.42 Å². The van der Waals surface area contributed by atoms with Gasteiger partial charge in [0.15, 0.2) is 18.9 Å². The lowest BCUT2D eigenvalue weighted by Gasteiger charge is -2.48. The predicted molar refractivity (Wildman–Crippen MR) is 296 cm³/mol. The molecule has 0 radical (unpaired) electrons. The SMILES string of the molecule is CCCCCCCCC/C=C/CC/C=C/CC/C=C/C(O)C(COC1OC(CO)C(OC2OC(CO)C(OC3OC(CO)C(O)C(O)C3O)C(O)C2O)C(O)C1O)NC(=O)CCCCCCCCCCCCCCCCCC. The Kier molecular flexibility index (Phi) is 38.5. The van der Waals surface area contributed by atoms with Crippen LogP contribution in [0.2, 0.25) is 0 Å². The van der Waals surface area contributed by atoms with Crippen LogP contribution in [0.1, 0.15) is 200 Å². The standard InChI is InChI=1S/C59H107NO18/c1-3-5-7-9-11-13-15-17-19-21-22-24-26-28-30-32-34-36-43(64)42(60-47(65)37-35-33-31-29-27-25-23-20-18-16-14-12-10-8-6-4-2)41-73-57-53(71)50(68)55(45(39-62)75-57)78-59-54(72)51(69)56(46(40-63)76-59)77-58-52(70)49(67)48(66)44(38-61)74-58/h19,21,26,28,34,36,42-46,48-59,61-64,66-72H,3-18,20,22-25,27,29-33,35,37-41H2,1-2H3,(H,60,65)/b21-19+,28-26+,36-34+. The maximum absolute atomic E-state index is 13.3. The lowest BCUT2D eigenvalue weighted by molar-refractivity contribution is -0.379. The monoisotopic (exact) mass is 1120 g/mol. The van der Waals surface area contributed by atoms with Gasteiger partial charge in [0.05, 0.1) is 38.6 Å². The van der Waals surface area contributed by atoms with E-state index in [1.54, 1.807) is 6.08 Å². The molecule has 0 aromatic heterocycles. The van der Waals surface area contributed by atoms with Crippen LogP contribution < -0.4 is 5.32 Å². The van der Waals surface area contributed by atoms with Gasteiger partial charge in [0.25, 0.3) is 0 Å². The van der Waals surface area contributed by atoms with Crippen LogP contribution in [0.3, 0.4) is 0 Å². The topological polar surface area (TPSA) is 307 Å². The Morgan fingerprint density at radius 1 is 0.449 bits per heavy atom. The van der Waals surface area contributed by atoms with E-state index in [4.69, 9.17) is 28.4 Å². The molecule has 0 aliphatic carbocycles. The van der Waals surface area contributed by atoms with E-state index in [1.807, 2.05) is 6.08 Å². The largest absolute Gasteiger partial charge is 0.394 e. The summed E-state index contributed by atoms with van der Waals surface area (Å²) < 4.78 is 34.2. The third-order valence-electron chi connectivity index (χ3n) is 15.2. The van der Waals surface area contributed by atoms with Crippen LogP contribution in [0, 0.1) is 0 Å². The maximum Gasteiger partial charge on any atom is 0.220 e. The average Bonchev–Trinajstić information content (AvgIpc) is 3.47. The summed E-state index contributed by atoms with van der Waals surface area (Å²) in [4.78, 5) is 13.3. The van der Waals surface area contributed by atoms with Crippen LogP contribution in [-0.2, 0) is 33.2 Å². The van der Waals surface area contributed by atoms with Gasteiger partial charge >= 0.3 is 0 Å². The van der Waals surface area contributed by atoms with Crippen LogP contribution in [-0.4, -0.2) is 193 Å². The Bertz CT molecular complexity index is 1570. The van der Waals surface area contributed by atoms with Crippen LogP contribution in [0.5, 0.6) is 0 Å². The molecule has 3 fully saturated rings. The summed E-state index contributed by atoms with van der Waals surface area (Å²) in [5.41, 5.74) is 0. The van der Waals surface area contributed by atoms with Crippen molar-refractivity contribution in [3.8, 4) is 0 Å². The van der Waals surface area contributed by atoms with Gasteiger partial charge in [-0.2, -0.15) is 0 Å². The van der Waals surface area contributed by atoms with Crippen LogP contribution in [0.15, 0.2) is 36.5 Å². The Morgan fingerprint density at radius 2 is 0.821 bits per heavy atom. The Balaban J connectivity index is 1.53. The molecule has 3 aliphatic heterocycles. The number of rotatable bonds is 44. The zero-order valence-electron chi connectivity index (χ0n) is 47.4. The van der Waals surface area contributed by atoms with Crippen LogP contribution >= 0.6 is 0 Å². The number of hydrogen-bond donors (Lipinski definition) is 12. The number of hydrogen-bond acceptors (Lipinski definition) is 18. The van der Waals surface area contributed by atoms with Gasteiger partial charge in [0.1, 0.15) is 73.2 Å². The first-order valence-electron chi connectivity index (χ1n) is 30.2. The number of carbonyl (C=O) groups excluding carboxylic acids is 1. The molecule has 12 N–H and O–H groups in total. The fourth-order valence-electron chi connectivity index (χ4n) is 10.2. The molecule has 19 nitrogen and oxygen atoms in total. The molecular weight excluding hydrogens is 1010 g/mol. The first kappa shape index (κ1) is 70.3. The number of nitrogens with one attached hydrogen (secondary N) is 1. The third kappa shape index (κ3) is 26.5. The molecule has 3 rings (SSSR count). The number of ether oxygens (including phenoxy) is 6. The summed E-state index contributed by atoms with van der Waals surface area (Å²) in [6.07, 6.45) is 18.4. The molecule has 1 amide bonds. The molecule has 0 aromatic carbocycles. The highest BCUT2D eigenvalue weighted by Gasteiger charge is 2.53. The van der Waals surface area contributed by atoms with E-state index in [0.29, 0.717) is 12.8 Å². The fraction of sp³-hybridized carbons (Fsp3) is 0.881. The second-order valence-electron chi connectivity index (χ2n) is 21.8. The number of aliphatic hydroxyl groups is 11. The van der Waals surface area contributed by atoms with Gasteiger partial charge in [-0.25, -0.2) is 0 Å². The number of carbonyl (C=O) groups is 1. The zero-order valence-corrected chi connectivity index (χ0v) is 47.4. The molecular formula is C59H107NO18. The highest BCUT2D eigenvalue weighted by molar-refractivity contribution is 5.76. The summed E-state index contributed by atoms with van der Waals surface area (Å²) in [6.45, 7) is 1.69. The van der Waals surface area contributed by atoms with Crippen molar-refractivity contribution in [3.05, 3.63) is 36.5 Å². The summed E-state index contributed by atoms with van der Waals surface area (Å²) in [6, 6.07) is -0.992. The first-order chi connectivity index (χ1) is 37.8. The molecule has 3 aliphatic rings. The molecule has 78 heavy (non-hydrogen) atoms. The molecule has 17 atom stereocenters. The minimum absolute atomic E-state index is 0.235. The fourth-order valence-corrected chi connectivity index (χ4v) is 10.2. The number of unbranched alkanes of at least 4 members (excludes halogenated alkanes) is 24. The highest BCUT2D eigenvalue weighted by Crippen LogP contribution is 2.33. The molecule has 0 aromatic rings. The molecule has 3 heterocycles. The van der Waals surface area contributed by atoms with Crippen molar-refractivity contribution in [3.63, 3.8) is 0 Å². The van der Waals surface area contributed by atoms with Crippen molar-refractivity contribution < 1.29 is 89.4 Å². The number of aliphatic hydroxyl groups excluding tert-OH is 11. The molecule has 3 saturated heterocycles. The minimum Gasteiger partial charge on any atom is -0.394 e. The van der Waals surface area contributed by atoms with Crippen LogP contribution in [0.4, 0.5) is 0 Å². The molecule has 0 saturated carbocycles. The van der Waals surface area contributed by atoms with E-state index in [9.17, 15) is 61.0 Å². The Morgan fingerprint density at radius 3 is 1.28 bits per heavy atom. The smallest absolute Gasteiger partial charge is 0.220 e. The Hall–Kier alpha value is -1.99. The van der Waals surface area contributed by atoms with E-state index in [2.05, 4.69) is 43.5 Å². The van der Waals surface area contributed by atoms with E-state index in [0.717, 1.165) is 44.9 Å². The van der Waals surface area contributed by atoms with Crippen molar-refractivity contribution in [1.82, 2.24) is 5.32 Å². The second kappa shape index (κ2) is 42.8. The summed E-state index contributed by atoms with van der Waals surface area (Å²) >= 11 is 0. The lowest BCUT2D eigenvalue weighted by atomic mass is 9.96. The number of amides is 1. The van der Waals surface area contributed by atoms with Crippen LogP contribution in [0.25, 0.3) is 0 Å². The average molecular weight is 1120 g/mol. The second-order valence-corrected chi connectivity index (χ2v) is 21.8. The first-order valence-corrected chi connectivity index (χ1v) is 30.2. The summed E-state index contributed by atoms with van der Waals surface area (Å²) in [5, 5.41) is 120. The van der Waals surface area contributed by atoms with Gasteiger partial charge in [-0.1, -0.05) is 185 Å². The van der Waals surface area contributed by atoms with Crippen molar-refractivity contribution in [2.45, 2.75) is 304 Å². The predicted octanol–water partition coefficient (Wildman–Crippen LogP) is 5.32. The molecule has 456 valence electrons. The van der Waals surface area contributed by atoms with Gasteiger partial charge < -0.3 is 89.9 Å². The summed E-state index contributed by atoms with van der Waals surface area (Å²) in [5.74, 6) is -0.289. The third-order valence-corrected chi connectivity index (χ3v) is 15.2. The van der Waals surface area contributed by atoms with E-state index in [-0.39, 0.29) is 18.9 Å². The van der Waals surface area contributed by atoms with E-state index < -0.39 is 124 Å². The van der Waals surface area contributed by atoms with Crippen molar-refractivity contribution in [2.75, 3.05) is 26.4 Å². The summed E-state index contributed by atoms with van der Waals surface area (Å²) in [7, 11) is 0. The molecule has 0 spiro atoms. The maximum atomic E-state index is 13.3. The normalized spacial score (nSPS) is 30.7. The zero-order chi connectivity index (χ0) is 56.9. The van der Waals surface area contributed by atoms with Gasteiger partial charge in [-0.05, 0) is 44.9 Å². The van der Waals surface area contributed by atoms with Crippen molar-refractivity contribution in [2.24, 2.45) is 0 Å². The van der Waals surface area contributed by atoms with Gasteiger partial charge in [0.2, 0.25) is 5.91 Å². The number of allylic oxidation sites excluding steroid dienone is 5. The molecule has 17 unspecified atom stereocenters. The van der Waals surface area contributed by atoms with Crippen molar-refractivity contribution in [1.29, 1.82) is 0 Å². The minimum atomic E-state index is -1.98. The van der Waals surface area contributed by atoms with Gasteiger partial charge in [-0.15, -0.1) is 0 Å².